The van der Waals surface area contributed by atoms with E-state index in [4.69, 9.17) is 9.47 Å². The monoisotopic (exact) mass is 475 g/mol. The first-order valence-corrected chi connectivity index (χ1v) is 12.7. The minimum atomic E-state index is -0.464. The van der Waals surface area contributed by atoms with Crippen molar-refractivity contribution in [1.29, 1.82) is 0 Å². The molecule has 3 saturated heterocycles. The number of likely N-dealkylation sites (tertiary alicyclic amines) is 2. The number of benzene rings is 1. The summed E-state index contributed by atoms with van der Waals surface area (Å²) in [6.45, 7) is 8.51. The Bertz CT molecular complexity index is 822. The van der Waals surface area contributed by atoms with Crippen molar-refractivity contribution < 1.29 is 23.5 Å². The number of amides is 2. The van der Waals surface area contributed by atoms with Crippen LogP contribution in [0.5, 0.6) is 5.75 Å². The lowest BCUT2D eigenvalue weighted by Gasteiger charge is -2.44. The molecule has 0 unspecified atom stereocenters. The minimum absolute atomic E-state index is 0.0883. The standard InChI is InChI=1S/C26H38FN3O4/c1-21-7-11-28(12-8-21)18-25(32)30-10-2-9-26(19-30,17-24(31)29-13-15-33-16-14-29)20-34-23-5-3-22(27)4-6-23/h3-6,21H,2,7-20H2,1H3/t26-/m0/s1. The summed E-state index contributed by atoms with van der Waals surface area (Å²) in [5.74, 6) is 1.21. The van der Waals surface area contributed by atoms with Crippen LogP contribution < -0.4 is 4.74 Å². The van der Waals surface area contributed by atoms with Crippen molar-refractivity contribution in [2.24, 2.45) is 11.3 Å². The number of rotatable bonds is 7. The van der Waals surface area contributed by atoms with Crippen LogP contribution in [0.1, 0.15) is 39.0 Å². The molecular weight excluding hydrogens is 437 g/mol. The van der Waals surface area contributed by atoms with Crippen LogP contribution in [0.25, 0.3) is 0 Å². The average Bonchev–Trinajstić information content (AvgIpc) is 2.86. The number of carbonyl (C=O) groups excluding carboxylic acids is 2. The molecule has 1 aromatic carbocycles. The predicted octanol–water partition coefficient (Wildman–Crippen LogP) is 2.79. The predicted molar refractivity (Wildman–Crippen MR) is 127 cm³/mol. The van der Waals surface area contributed by atoms with Crippen LogP contribution in [0.2, 0.25) is 0 Å². The molecule has 34 heavy (non-hydrogen) atoms. The van der Waals surface area contributed by atoms with Gasteiger partial charge in [-0.3, -0.25) is 14.5 Å². The minimum Gasteiger partial charge on any atom is -0.493 e. The first kappa shape index (κ1) is 24.9. The molecule has 0 aromatic heterocycles. The molecule has 1 atom stereocenters. The summed E-state index contributed by atoms with van der Waals surface area (Å²) in [5.41, 5.74) is -0.464. The van der Waals surface area contributed by atoms with Crippen LogP contribution >= 0.6 is 0 Å². The van der Waals surface area contributed by atoms with Gasteiger partial charge in [0.1, 0.15) is 11.6 Å². The Labute approximate surface area is 202 Å². The third-order valence-corrected chi connectivity index (χ3v) is 7.50. The van der Waals surface area contributed by atoms with E-state index in [0.29, 0.717) is 64.7 Å². The third kappa shape index (κ3) is 6.69. The smallest absolute Gasteiger partial charge is 0.236 e. The Morgan fingerprint density at radius 3 is 2.44 bits per heavy atom. The van der Waals surface area contributed by atoms with Gasteiger partial charge in [-0.25, -0.2) is 4.39 Å². The fourth-order valence-corrected chi connectivity index (χ4v) is 5.26. The lowest BCUT2D eigenvalue weighted by atomic mass is 9.77. The van der Waals surface area contributed by atoms with E-state index in [2.05, 4.69) is 11.8 Å². The van der Waals surface area contributed by atoms with E-state index in [9.17, 15) is 14.0 Å². The molecule has 0 aliphatic carbocycles. The van der Waals surface area contributed by atoms with Gasteiger partial charge in [-0.15, -0.1) is 0 Å². The van der Waals surface area contributed by atoms with Crippen LogP contribution in [0.15, 0.2) is 24.3 Å². The summed E-state index contributed by atoms with van der Waals surface area (Å²) in [6.07, 6.45) is 4.26. The first-order chi connectivity index (χ1) is 16.4. The van der Waals surface area contributed by atoms with Gasteiger partial charge in [0.2, 0.25) is 11.8 Å². The maximum absolute atomic E-state index is 13.3. The summed E-state index contributed by atoms with van der Waals surface area (Å²) in [5, 5.41) is 0. The van der Waals surface area contributed by atoms with Gasteiger partial charge in [-0.05, 0) is 69.0 Å². The lowest BCUT2D eigenvalue weighted by Crippen LogP contribution is -2.53. The second kappa shape index (κ2) is 11.5. The zero-order chi connectivity index (χ0) is 24.0. The molecule has 0 radical (unpaired) electrons. The van der Waals surface area contributed by atoms with Gasteiger partial charge in [-0.1, -0.05) is 6.92 Å². The number of halogens is 1. The zero-order valence-electron chi connectivity index (χ0n) is 20.3. The van der Waals surface area contributed by atoms with Crippen molar-refractivity contribution in [2.75, 3.05) is 65.6 Å². The fourth-order valence-electron chi connectivity index (χ4n) is 5.26. The number of ether oxygens (including phenoxy) is 2. The van der Waals surface area contributed by atoms with Crippen molar-refractivity contribution >= 4 is 11.8 Å². The molecule has 8 heteroatoms. The number of morpholine rings is 1. The van der Waals surface area contributed by atoms with Gasteiger partial charge >= 0.3 is 0 Å². The van der Waals surface area contributed by atoms with Gasteiger partial charge in [-0.2, -0.15) is 0 Å². The van der Waals surface area contributed by atoms with Crippen molar-refractivity contribution in [3.8, 4) is 5.75 Å². The number of carbonyl (C=O) groups is 2. The van der Waals surface area contributed by atoms with Crippen molar-refractivity contribution in [3.05, 3.63) is 30.1 Å². The summed E-state index contributed by atoms with van der Waals surface area (Å²) >= 11 is 0. The first-order valence-electron chi connectivity index (χ1n) is 12.7. The molecule has 3 aliphatic heterocycles. The molecule has 1 aromatic rings. The maximum Gasteiger partial charge on any atom is 0.236 e. The zero-order valence-corrected chi connectivity index (χ0v) is 20.3. The van der Waals surface area contributed by atoms with Crippen LogP contribution in [0.4, 0.5) is 4.39 Å². The Morgan fingerprint density at radius 2 is 1.74 bits per heavy atom. The fraction of sp³-hybridized carbons (Fsp3) is 0.692. The molecule has 3 fully saturated rings. The van der Waals surface area contributed by atoms with E-state index < -0.39 is 5.41 Å². The van der Waals surface area contributed by atoms with E-state index in [-0.39, 0.29) is 17.6 Å². The van der Waals surface area contributed by atoms with Crippen molar-refractivity contribution in [1.82, 2.24) is 14.7 Å². The number of nitrogens with zero attached hydrogens (tertiary/aromatic N) is 3. The van der Waals surface area contributed by atoms with Gasteiger partial charge in [0.25, 0.3) is 0 Å². The highest BCUT2D eigenvalue weighted by atomic mass is 19.1. The Balaban J connectivity index is 1.43. The van der Waals surface area contributed by atoms with Gasteiger partial charge in [0, 0.05) is 38.0 Å². The molecule has 188 valence electrons. The Morgan fingerprint density at radius 1 is 1.03 bits per heavy atom. The molecule has 0 N–H and O–H groups in total. The number of hydrogen-bond acceptors (Lipinski definition) is 5. The normalized spacial score (nSPS) is 24.8. The van der Waals surface area contributed by atoms with Gasteiger partial charge in [0.05, 0.1) is 26.4 Å². The van der Waals surface area contributed by atoms with E-state index in [0.717, 1.165) is 44.7 Å². The largest absolute Gasteiger partial charge is 0.493 e. The number of piperidine rings is 2. The van der Waals surface area contributed by atoms with Crippen LogP contribution in [0.3, 0.4) is 0 Å². The average molecular weight is 476 g/mol. The lowest BCUT2D eigenvalue weighted by molar-refractivity contribution is -0.144. The number of hydrogen-bond donors (Lipinski definition) is 0. The quantitative estimate of drug-likeness (QED) is 0.607. The van der Waals surface area contributed by atoms with Crippen LogP contribution in [0, 0.1) is 17.2 Å². The Kier molecular flexibility index (Phi) is 8.42. The van der Waals surface area contributed by atoms with E-state index in [1.807, 2.05) is 9.80 Å². The summed E-state index contributed by atoms with van der Waals surface area (Å²) in [4.78, 5) is 32.5. The molecule has 3 aliphatic rings. The highest BCUT2D eigenvalue weighted by Gasteiger charge is 2.41. The highest BCUT2D eigenvalue weighted by molar-refractivity contribution is 5.79. The summed E-state index contributed by atoms with van der Waals surface area (Å²) in [7, 11) is 0. The molecule has 7 nitrogen and oxygen atoms in total. The molecule has 0 saturated carbocycles. The van der Waals surface area contributed by atoms with Gasteiger partial charge in [0.15, 0.2) is 0 Å². The van der Waals surface area contributed by atoms with E-state index in [1.165, 1.54) is 12.1 Å². The second-order valence-electron chi connectivity index (χ2n) is 10.3. The van der Waals surface area contributed by atoms with Gasteiger partial charge < -0.3 is 19.3 Å². The molecule has 0 spiro atoms. The molecule has 0 bridgehead atoms. The molecule has 2 amide bonds. The molecule has 4 rings (SSSR count). The van der Waals surface area contributed by atoms with Crippen molar-refractivity contribution in [2.45, 2.75) is 39.0 Å². The highest BCUT2D eigenvalue weighted by Crippen LogP contribution is 2.35. The van der Waals surface area contributed by atoms with Crippen LogP contribution in [-0.2, 0) is 14.3 Å². The molecule has 3 heterocycles. The topological polar surface area (TPSA) is 62.3 Å². The molecular formula is C26H38FN3O4. The Hall–Kier alpha value is -2.19. The second-order valence-corrected chi connectivity index (χ2v) is 10.3. The summed E-state index contributed by atoms with van der Waals surface area (Å²) < 4.78 is 24.8. The SMILES string of the molecule is CC1CCN(CC(=O)N2CCC[C@](COc3ccc(F)cc3)(CC(=O)N3CCOCC3)C2)CC1. The van der Waals surface area contributed by atoms with E-state index in [1.54, 1.807) is 12.1 Å². The summed E-state index contributed by atoms with van der Waals surface area (Å²) in [6, 6.07) is 5.96. The van der Waals surface area contributed by atoms with E-state index >= 15 is 0 Å². The maximum atomic E-state index is 13.3. The van der Waals surface area contributed by atoms with Crippen molar-refractivity contribution in [3.63, 3.8) is 0 Å². The van der Waals surface area contributed by atoms with Crippen LogP contribution in [-0.4, -0.2) is 92.1 Å². The third-order valence-electron chi connectivity index (χ3n) is 7.50.